The average Bonchev–Trinajstić information content (AvgIpc) is 2.31. The zero-order valence-corrected chi connectivity index (χ0v) is 11.6. The van der Waals surface area contributed by atoms with E-state index in [-0.39, 0.29) is 6.61 Å². The highest BCUT2D eigenvalue weighted by Gasteiger charge is 2.29. The minimum atomic E-state index is -3.82. The lowest BCUT2D eigenvalue weighted by atomic mass is 10.3. The van der Waals surface area contributed by atoms with Crippen LogP contribution >= 0.6 is 11.6 Å². The molecule has 0 aliphatic carbocycles. The minimum absolute atomic E-state index is 0.139. The van der Waals surface area contributed by atoms with E-state index in [4.69, 9.17) is 11.6 Å². The Morgan fingerprint density at radius 1 is 1.39 bits per heavy atom. The largest absolute Gasteiger partial charge is 0.465 e. The van der Waals surface area contributed by atoms with Gasteiger partial charge in [-0.15, -0.1) is 0 Å². The molecular weight excluding hydrogens is 278 g/mol. The summed E-state index contributed by atoms with van der Waals surface area (Å²) in [4.78, 5) is 11.4. The zero-order valence-electron chi connectivity index (χ0n) is 10.0. The van der Waals surface area contributed by atoms with Crippen molar-refractivity contribution in [2.24, 2.45) is 0 Å². The number of rotatable bonds is 5. The maximum Gasteiger partial charge on any atom is 0.325 e. The third-order valence-corrected chi connectivity index (χ3v) is 4.08. The van der Waals surface area contributed by atoms with Gasteiger partial charge in [-0.05, 0) is 38.1 Å². The van der Waals surface area contributed by atoms with Crippen molar-refractivity contribution in [2.45, 2.75) is 19.1 Å². The molecule has 0 spiro atoms. The average molecular weight is 292 g/mol. The van der Waals surface area contributed by atoms with Gasteiger partial charge in [-0.1, -0.05) is 11.6 Å². The number of hydrogen-bond donors (Lipinski definition) is 1. The molecule has 1 aromatic rings. The van der Waals surface area contributed by atoms with Crippen molar-refractivity contribution < 1.29 is 17.9 Å². The molecule has 0 saturated carbocycles. The van der Waals surface area contributed by atoms with Gasteiger partial charge in [0.2, 0.25) is 10.0 Å². The normalized spacial score (nSPS) is 12.8. The van der Waals surface area contributed by atoms with Crippen molar-refractivity contribution in [3.63, 3.8) is 0 Å². The second-order valence-corrected chi connectivity index (χ2v) is 5.99. The summed E-state index contributed by atoms with van der Waals surface area (Å²) in [5, 5.41) is -0.774. The summed E-state index contributed by atoms with van der Waals surface area (Å²) in [6.45, 7) is 3.03. The smallest absolute Gasteiger partial charge is 0.325 e. The predicted molar refractivity (Wildman–Crippen MR) is 70.1 cm³/mol. The molecule has 1 aromatic carbocycles. The third kappa shape index (κ3) is 3.89. The van der Waals surface area contributed by atoms with Crippen molar-refractivity contribution in [3.05, 3.63) is 29.3 Å². The van der Waals surface area contributed by atoms with Gasteiger partial charge in [0.05, 0.1) is 6.61 Å². The number of carbonyl (C=O) groups is 1. The van der Waals surface area contributed by atoms with Crippen LogP contribution in [0.4, 0.5) is 5.69 Å². The highest BCUT2D eigenvalue weighted by molar-refractivity contribution is 7.94. The van der Waals surface area contributed by atoms with Crippen molar-refractivity contribution in [2.75, 3.05) is 11.3 Å². The Labute approximate surface area is 111 Å². The number of halogens is 1. The highest BCUT2D eigenvalue weighted by atomic mass is 35.5. The number of benzene rings is 1. The summed E-state index contributed by atoms with van der Waals surface area (Å²) in [5.74, 6) is -0.779. The first-order chi connectivity index (χ1) is 8.36. The number of carbonyl (C=O) groups excluding carboxylic acids is 1. The second kappa shape index (κ2) is 6.06. The van der Waals surface area contributed by atoms with Crippen molar-refractivity contribution in [1.82, 2.24) is 0 Å². The van der Waals surface area contributed by atoms with Gasteiger partial charge in [0, 0.05) is 10.7 Å². The summed E-state index contributed by atoms with van der Waals surface area (Å²) < 4.78 is 30.7. The fourth-order valence-electron chi connectivity index (χ4n) is 1.16. The van der Waals surface area contributed by atoms with E-state index in [1.165, 1.54) is 19.1 Å². The lowest BCUT2D eigenvalue weighted by molar-refractivity contribution is -0.142. The Hall–Kier alpha value is -1.27. The van der Waals surface area contributed by atoms with Crippen LogP contribution in [0.25, 0.3) is 0 Å². The summed E-state index contributed by atoms with van der Waals surface area (Å²) in [6, 6.07) is 6.12. The Morgan fingerprint density at radius 2 is 1.94 bits per heavy atom. The van der Waals surface area contributed by atoms with Gasteiger partial charge < -0.3 is 4.74 Å². The molecule has 18 heavy (non-hydrogen) atoms. The van der Waals surface area contributed by atoms with Gasteiger partial charge in [-0.25, -0.2) is 8.42 Å². The van der Waals surface area contributed by atoms with E-state index in [2.05, 4.69) is 9.46 Å². The fourth-order valence-corrected chi connectivity index (χ4v) is 2.25. The van der Waals surface area contributed by atoms with E-state index in [0.29, 0.717) is 10.7 Å². The van der Waals surface area contributed by atoms with E-state index in [1.807, 2.05) is 0 Å². The molecule has 0 bridgehead atoms. The molecule has 0 radical (unpaired) electrons. The molecule has 0 heterocycles. The van der Waals surface area contributed by atoms with Gasteiger partial charge in [-0.2, -0.15) is 0 Å². The molecule has 1 N–H and O–H groups in total. The van der Waals surface area contributed by atoms with Crippen LogP contribution in [0.3, 0.4) is 0 Å². The first-order valence-corrected chi connectivity index (χ1v) is 7.23. The van der Waals surface area contributed by atoms with Crippen LogP contribution in [-0.2, 0) is 19.6 Å². The third-order valence-electron chi connectivity index (χ3n) is 2.19. The first kappa shape index (κ1) is 14.8. The van der Waals surface area contributed by atoms with Crippen LogP contribution in [-0.4, -0.2) is 26.2 Å². The zero-order chi connectivity index (χ0) is 13.8. The van der Waals surface area contributed by atoms with Gasteiger partial charge in [0.1, 0.15) is 0 Å². The Kier molecular flexibility index (Phi) is 4.98. The standard InChI is InChI=1S/C11H14ClNO4S/c1-3-17-11(14)8(2)18(15,16)13-10-6-4-9(12)5-7-10/h4-8,13H,3H2,1-2H3. The molecule has 0 amide bonds. The van der Waals surface area contributed by atoms with Gasteiger partial charge in [0.25, 0.3) is 0 Å². The SMILES string of the molecule is CCOC(=O)C(C)S(=O)(=O)Nc1ccc(Cl)cc1. The highest BCUT2D eigenvalue weighted by Crippen LogP contribution is 2.16. The fraction of sp³-hybridized carbons (Fsp3) is 0.364. The molecular formula is C11H14ClNO4S. The molecule has 1 atom stereocenters. The quantitative estimate of drug-likeness (QED) is 0.843. The number of hydrogen-bond acceptors (Lipinski definition) is 4. The number of esters is 1. The molecule has 0 saturated heterocycles. The summed E-state index contributed by atoms with van der Waals surface area (Å²) >= 11 is 5.69. The van der Waals surface area contributed by atoms with Crippen molar-refractivity contribution in [1.29, 1.82) is 0 Å². The van der Waals surface area contributed by atoms with Crippen molar-refractivity contribution in [3.8, 4) is 0 Å². The van der Waals surface area contributed by atoms with E-state index in [0.717, 1.165) is 0 Å². The van der Waals surface area contributed by atoms with Gasteiger partial charge >= 0.3 is 5.97 Å². The van der Waals surface area contributed by atoms with Crippen LogP contribution < -0.4 is 4.72 Å². The summed E-state index contributed by atoms with van der Waals surface area (Å²) in [7, 11) is -3.82. The number of ether oxygens (including phenoxy) is 1. The molecule has 5 nitrogen and oxygen atoms in total. The molecule has 7 heteroatoms. The van der Waals surface area contributed by atoms with Gasteiger partial charge in [-0.3, -0.25) is 9.52 Å². The van der Waals surface area contributed by atoms with E-state index < -0.39 is 21.2 Å². The number of anilines is 1. The second-order valence-electron chi connectivity index (χ2n) is 3.55. The van der Waals surface area contributed by atoms with Crippen molar-refractivity contribution >= 4 is 33.3 Å². The van der Waals surface area contributed by atoms with Gasteiger partial charge in [0.15, 0.2) is 5.25 Å². The molecule has 1 rings (SSSR count). The molecule has 0 aliphatic rings. The van der Waals surface area contributed by atoms with E-state index in [1.54, 1.807) is 19.1 Å². The van der Waals surface area contributed by atoms with Crippen LogP contribution in [0.2, 0.25) is 5.02 Å². The predicted octanol–water partition coefficient (Wildman–Crippen LogP) is 2.03. The number of sulfonamides is 1. The molecule has 1 unspecified atom stereocenters. The molecule has 0 aliphatic heterocycles. The molecule has 0 aromatic heterocycles. The maximum atomic E-state index is 11.9. The Bertz CT molecular complexity index is 512. The minimum Gasteiger partial charge on any atom is -0.465 e. The Balaban J connectivity index is 2.81. The lowest BCUT2D eigenvalue weighted by Crippen LogP contribution is -2.33. The van der Waals surface area contributed by atoms with Crippen LogP contribution in [0.1, 0.15) is 13.8 Å². The maximum absolute atomic E-state index is 11.9. The monoisotopic (exact) mass is 291 g/mol. The molecule has 0 fully saturated rings. The van der Waals surface area contributed by atoms with Crippen LogP contribution in [0.15, 0.2) is 24.3 Å². The summed E-state index contributed by atoms with van der Waals surface area (Å²) in [6.07, 6.45) is 0. The van der Waals surface area contributed by atoms with Crippen LogP contribution in [0, 0.1) is 0 Å². The lowest BCUT2D eigenvalue weighted by Gasteiger charge is -2.13. The molecule has 100 valence electrons. The van der Waals surface area contributed by atoms with Crippen LogP contribution in [0.5, 0.6) is 0 Å². The van der Waals surface area contributed by atoms with E-state index >= 15 is 0 Å². The summed E-state index contributed by atoms with van der Waals surface area (Å²) in [5.41, 5.74) is 0.343. The first-order valence-electron chi connectivity index (χ1n) is 5.30. The van der Waals surface area contributed by atoms with E-state index in [9.17, 15) is 13.2 Å². The number of nitrogens with one attached hydrogen (secondary N) is 1. The topological polar surface area (TPSA) is 72.5 Å². The Morgan fingerprint density at radius 3 is 2.44 bits per heavy atom.